The number of rotatable bonds is 3. The van der Waals surface area contributed by atoms with Gasteiger partial charge in [-0.25, -0.2) is 4.79 Å². The summed E-state index contributed by atoms with van der Waals surface area (Å²) in [5, 5.41) is 9.41. The van der Waals surface area contributed by atoms with Crippen molar-refractivity contribution in [3.05, 3.63) is 58.1 Å². The molecule has 1 N–H and O–H groups in total. The van der Waals surface area contributed by atoms with Crippen LogP contribution >= 0.6 is 15.9 Å². The van der Waals surface area contributed by atoms with Crippen molar-refractivity contribution in [2.24, 2.45) is 0 Å². The average molecular weight is 347 g/mol. The molecule has 0 bridgehead atoms. The molecule has 3 rings (SSSR count). The Balaban J connectivity index is 2.07. The summed E-state index contributed by atoms with van der Waals surface area (Å²) in [6.45, 7) is 0.172. The van der Waals surface area contributed by atoms with Crippen LogP contribution in [0.2, 0.25) is 0 Å². The molecule has 0 saturated carbocycles. The van der Waals surface area contributed by atoms with E-state index in [4.69, 9.17) is 9.47 Å². The van der Waals surface area contributed by atoms with Crippen LogP contribution in [0.25, 0.3) is 11.6 Å². The molecule has 0 radical (unpaired) electrons. The van der Waals surface area contributed by atoms with Crippen molar-refractivity contribution < 1.29 is 19.4 Å². The molecule has 106 valence electrons. The maximum atomic E-state index is 11.5. The molecule has 0 unspecified atom stereocenters. The summed E-state index contributed by atoms with van der Waals surface area (Å²) in [4.78, 5) is 11.5. The Bertz CT molecular complexity index is 723. The number of carbonyl (C=O) groups is 1. The van der Waals surface area contributed by atoms with E-state index in [2.05, 4.69) is 15.9 Å². The molecule has 0 aromatic heterocycles. The van der Waals surface area contributed by atoms with Crippen LogP contribution < -0.4 is 9.47 Å². The van der Waals surface area contributed by atoms with Crippen LogP contribution in [0.4, 0.5) is 0 Å². The lowest BCUT2D eigenvalue weighted by Gasteiger charge is -2.05. The summed E-state index contributed by atoms with van der Waals surface area (Å²) in [5.41, 5.74) is 1.60. The lowest BCUT2D eigenvalue weighted by atomic mass is 10.0. The molecule has 0 atom stereocenters. The summed E-state index contributed by atoms with van der Waals surface area (Å²) >= 11 is 3.40. The Morgan fingerprint density at radius 3 is 2.67 bits per heavy atom. The molecule has 0 aliphatic carbocycles. The number of carboxylic acids is 1. The van der Waals surface area contributed by atoms with Gasteiger partial charge < -0.3 is 14.6 Å². The maximum Gasteiger partial charge on any atom is 0.336 e. The first-order valence-electron chi connectivity index (χ1n) is 6.25. The van der Waals surface area contributed by atoms with Crippen LogP contribution in [0.15, 0.2) is 46.9 Å². The van der Waals surface area contributed by atoms with E-state index in [9.17, 15) is 9.90 Å². The van der Waals surface area contributed by atoms with E-state index in [1.165, 1.54) is 0 Å². The predicted molar refractivity (Wildman–Crippen MR) is 82.2 cm³/mol. The maximum absolute atomic E-state index is 11.5. The van der Waals surface area contributed by atoms with E-state index < -0.39 is 5.97 Å². The lowest BCUT2D eigenvalue weighted by Crippen LogP contribution is -1.99. The fourth-order valence-electron chi connectivity index (χ4n) is 2.12. The van der Waals surface area contributed by atoms with Crippen LogP contribution in [0.1, 0.15) is 11.1 Å². The van der Waals surface area contributed by atoms with Crippen LogP contribution in [0, 0.1) is 0 Å². The van der Waals surface area contributed by atoms with Crippen molar-refractivity contribution in [3.63, 3.8) is 0 Å². The van der Waals surface area contributed by atoms with E-state index >= 15 is 0 Å². The first kappa shape index (κ1) is 13.7. The van der Waals surface area contributed by atoms with Gasteiger partial charge in [0.15, 0.2) is 11.5 Å². The molecule has 4 nitrogen and oxygen atoms in total. The van der Waals surface area contributed by atoms with E-state index in [0.29, 0.717) is 17.1 Å². The minimum absolute atomic E-state index is 0.172. The lowest BCUT2D eigenvalue weighted by molar-refractivity contribution is -0.130. The number of ether oxygens (including phenoxy) is 2. The van der Waals surface area contributed by atoms with Crippen LogP contribution in [0.5, 0.6) is 11.5 Å². The zero-order valence-corrected chi connectivity index (χ0v) is 12.5. The van der Waals surface area contributed by atoms with Gasteiger partial charge >= 0.3 is 5.97 Å². The summed E-state index contributed by atoms with van der Waals surface area (Å²) in [5.74, 6) is 0.271. The fraction of sp³-hybridized carbons (Fsp3) is 0.0625. The van der Waals surface area contributed by atoms with Crippen LogP contribution in [-0.4, -0.2) is 17.9 Å². The standard InChI is InChI=1S/C16H11BrO4/c17-13-7-10(8-14-15(13)21-9-20-14)6-12(16(18)19)11-4-2-1-3-5-11/h1-8H,9H2,(H,18,19)/b12-6-. The molecule has 1 aliphatic heterocycles. The molecule has 0 saturated heterocycles. The topological polar surface area (TPSA) is 55.8 Å². The van der Waals surface area contributed by atoms with Crippen molar-refractivity contribution in [2.75, 3.05) is 6.79 Å². The van der Waals surface area contributed by atoms with Gasteiger partial charge in [-0.2, -0.15) is 0 Å². The highest BCUT2D eigenvalue weighted by atomic mass is 79.9. The molecule has 0 fully saturated rings. The highest BCUT2D eigenvalue weighted by Crippen LogP contribution is 2.40. The van der Waals surface area contributed by atoms with Crippen molar-refractivity contribution in [2.45, 2.75) is 0 Å². The highest BCUT2D eigenvalue weighted by molar-refractivity contribution is 9.10. The number of hydrogen-bond donors (Lipinski definition) is 1. The third kappa shape index (κ3) is 2.78. The van der Waals surface area contributed by atoms with Gasteiger partial charge in [0.25, 0.3) is 0 Å². The Hall–Kier alpha value is -2.27. The van der Waals surface area contributed by atoms with Crippen LogP contribution in [-0.2, 0) is 4.79 Å². The highest BCUT2D eigenvalue weighted by Gasteiger charge is 2.18. The Morgan fingerprint density at radius 1 is 1.19 bits per heavy atom. The monoisotopic (exact) mass is 346 g/mol. The van der Waals surface area contributed by atoms with Gasteiger partial charge in [-0.15, -0.1) is 0 Å². The van der Waals surface area contributed by atoms with E-state index in [0.717, 1.165) is 10.0 Å². The third-order valence-corrected chi connectivity index (χ3v) is 3.66. The molecule has 1 heterocycles. The molecular weight excluding hydrogens is 336 g/mol. The van der Waals surface area contributed by atoms with Crippen molar-refractivity contribution in [1.29, 1.82) is 0 Å². The normalized spacial score (nSPS) is 13.3. The number of fused-ring (bicyclic) bond motifs is 1. The van der Waals surface area contributed by atoms with Crippen molar-refractivity contribution in [3.8, 4) is 11.5 Å². The third-order valence-electron chi connectivity index (χ3n) is 3.08. The van der Waals surface area contributed by atoms with Gasteiger partial charge in [0.1, 0.15) is 0 Å². The molecule has 0 spiro atoms. The Morgan fingerprint density at radius 2 is 1.95 bits per heavy atom. The average Bonchev–Trinajstić information content (AvgIpc) is 2.94. The number of hydrogen-bond acceptors (Lipinski definition) is 3. The second-order valence-corrected chi connectivity index (χ2v) is 5.32. The first-order chi connectivity index (χ1) is 10.1. The van der Waals surface area contributed by atoms with Crippen molar-refractivity contribution in [1.82, 2.24) is 0 Å². The number of benzene rings is 2. The van der Waals surface area contributed by atoms with Gasteiger partial charge in [-0.1, -0.05) is 30.3 Å². The Kier molecular flexibility index (Phi) is 3.66. The van der Waals surface area contributed by atoms with E-state index in [1.54, 1.807) is 30.3 Å². The second kappa shape index (κ2) is 5.61. The summed E-state index contributed by atoms with van der Waals surface area (Å²) < 4.78 is 11.4. The molecule has 0 amide bonds. The molecule has 5 heteroatoms. The minimum Gasteiger partial charge on any atom is -0.478 e. The Labute approximate surface area is 129 Å². The van der Waals surface area contributed by atoms with Gasteiger partial charge in [-0.05, 0) is 45.3 Å². The molecule has 21 heavy (non-hydrogen) atoms. The first-order valence-corrected chi connectivity index (χ1v) is 7.04. The zero-order chi connectivity index (χ0) is 14.8. The van der Waals surface area contributed by atoms with Crippen molar-refractivity contribution >= 4 is 33.5 Å². The SMILES string of the molecule is O=C(O)/C(=C\c1cc(Br)c2c(c1)OCO2)c1ccccc1. The summed E-state index contributed by atoms with van der Waals surface area (Å²) in [7, 11) is 0. The van der Waals surface area contributed by atoms with Gasteiger partial charge in [-0.3, -0.25) is 0 Å². The summed E-state index contributed by atoms with van der Waals surface area (Å²) in [6, 6.07) is 12.6. The second-order valence-electron chi connectivity index (χ2n) is 4.47. The molecule has 2 aromatic carbocycles. The minimum atomic E-state index is -0.977. The quantitative estimate of drug-likeness (QED) is 0.678. The number of carboxylic acid groups (broad SMARTS) is 1. The molecular formula is C16H11BrO4. The van der Waals surface area contributed by atoms with Gasteiger partial charge in [0.2, 0.25) is 6.79 Å². The molecule has 1 aliphatic rings. The van der Waals surface area contributed by atoms with E-state index in [1.807, 2.05) is 18.2 Å². The molecule has 2 aromatic rings. The zero-order valence-electron chi connectivity index (χ0n) is 10.9. The van der Waals surface area contributed by atoms with Gasteiger partial charge in [0.05, 0.1) is 10.0 Å². The predicted octanol–water partition coefficient (Wildman–Crippen LogP) is 3.80. The smallest absolute Gasteiger partial charge is 0.336 e. The number of aliphatic carboxylic acids is 1. The van der Waals surface area contributed by atoms with E-state index in [-0.39, 0.29) is 12.4 Å². The fourth-order valence-corrected chi connectivity index (χ4v) is 2.70. The number of halogens is 1. The van der Waals surface area contributed by atoms with Gasteiger partial charge in [0, 0.05) is 0 Å². The van der Waals surface area contributed by atoms with Crippen LogP contribution in [0.3, 0.4) is 0 Å². The largest absolute Gasteiger partial charge is 0.478 e. The summed E-state index contributed by atoms with van der Waals surface area (Å²) in [6.07, 6.45) is 1.62.